The third-order valence-corrected chi connectivity index (χ3v) is 2.35. The average Bonchev–Trinajstić information content (AvgIpc) is 1.78. The topological polar surface area (TPSA) is 131 Å². The number of hydrogen-bond donors (Lipinski definition) is 0. The molecule has 0 aromatic heterocycles. The quantitative estimate of drug-likeness (QED) is 0.211. The molecule has 74 valence electrons. The molecule has 0 aliphatic carbocycles. The molecule has 0 aliphatic heterocycles. The van der Waals surface area contributed by atoms with E-state index in [0.717, 1.165) is 0 Å². The van der Waals surface area contributed by atoms with Gasteiger partial charge in [0.2, 0.25) is 0 Å². The summed E-state index contributed by atoms with van der Waals surface area (Å²) in [5.41, 5.74) is 0. The Balaban J connectivity index is -0.000000202. The van der Waals surface area contributed by atoms with Gasteiger partial charge in [-0.25, -0.2) is 4.89 Å². The van der Waals surface area contributed by atoms with Crippen LogP contribution in [0.3, 0.4) is 0 Å². The third kappa shape index (κ3) is 19.7. The van der Waals surface area contributed by atoms with E-state index in [0.29, 0.717) is 0 Å². The maximum Gasteiger partial charge on any atom is 1.00 e. The summed E-state index contributed by atoms with van der Waals surface area (Å²) in [6, 6.07) is 0. The van der Waals surface area contributed by atoms with Gasteiger partial charge in [0.15, 0.2) is 0 Å². The molecule has 0 heterocycles. The van der Waals surface area contributed by atoms with Crippen molar-refractivity contribution in [1.29, 1.82) is 0 Å². The van der Waals surface area contributed by atoms with E-state index in [2.05, 4.69) is 13.9 Å². The smallest absolute Gasteiger partial charge is 0.790 e. The second kappa shape index (κ2) is 12.3. The van der Waals surface area contributed by atoms with Gasteiger partial charge in [0.05, 0.1) is 14.4 Å². The van der Waals surface area contributed by atoms with Crippen LogP contribution in [0.25, 0.3) is 0 Å². The minimum absolute atomic E-state index is 0. The molecule has 0 aliphatic rings. The van der Waals surface area contributed by atoms with Gasteiger partial charge in [-0.3, -0.25) is 8.88 Å². The molecule has 0 saturated heterocycles. The molecule has 0 rings (SSSR count). The van der Waals surface area contributed by atoms with Crippen molar-refractivity contribution in [2.45, 2.75) is 6.92 Å². The Bertz CT molecular complexity index is 228. The molecule has 0 radical (unpaired) electrons. The summed E-state index contributed by atoms with van der Waals surface area (Å²) in [4.78, 5) is 33.6. The normalized spacial score (nSPS) is 13.9. The number of rotatable bonds is 5. The summed E-state index contributed by atoms with van der Waals surface area (Å²) in [5.74, 6) is 0. The van der Waals surface area contributed by atoms with Gasteiger partial charge < -0.3 is 19.2 Å². The summed E-state index contributed by atoms with van der Waals surface area (Å²) >= 11 is 0. The van der Waals surface area contributed by atoms with Crippen LogP contribution in [0.5, 0.6) is 0 Å². The van der Waals surface area contributed by atoms with E-state index in [1.54, 1.807) is 0 Å². The SMILES string of the molecule is CCOOP(=O)([O-])OP(=O)([O-])[O-].[Na+].[Na+].[Na+]. The molecule has 0 fully saturated rings. The molecule has 15 heavy (non-hydrogen) atoms. The predicted molar refractivity (Wildman–Crippen MR) is 29.0 cm³/mol. The first-order valence-corrected chi connectivity index (χ1v) is 5.54. The van der Waals surface area contributed by atoms with Gasteiger partial charge in [-0.2, -0.15) is 4.67 Å². The first-order chi connectivity index (χ1) is 5.27. The summed E-state index contributed by atoms with van der Waals surface area (Å²) in [7, 11) is -10.8. The van der Waals surface area contributed by atoms with E-state index in [1.165, 1.54) is 6.92 Å². The van der Waals surface area contributed by atoms with Crippen molar-refractivity contribution < 1.29 is 126 Å². The Labute approximate surface area is 153 Å². The van der Waals surface area contributed by atoms with Crippen molar-refractivity contribution in [3.8, 4) is 0 Å². The van der Waals surface area contributed by atoms with Crippen molar-refractivity contribution in [2.75, 3.05) is 6.61 Å². The molecule has 0 aromatic rings. The molecular formula is C2H5Na3O8P2. The van der Waals surface area contributed by atoms with Crippen molar-refractivity contribution >= 4 is 15.6 Å². The van der Waals surface area contributed by atoms with E-state index in [1.807, 2.05) is 0 Å². The zero-order valence-corrected chi connectivity index (χ0v) is 16.7. The molecule has 0 spiro atoms. The summed E-state index contributed by atoms with van der Waals surface area (Å²) in [6.45, 7) is 1.24. The van der Waals surface area contributed by atoms with E-state index in [-0.39, 0.29) is 95.3 Å². The molecular weight excluding hydrogens is 283 g/mol. The minimum atomic E-state index is -5.61. The average molecular weight is 288 g/mol. The van der Waals surface area contributed by atoms with Crippen LogP contribution < -0.4 is 103 Å². The molecule has 1 unspecified atom stereocenters. The Hall–Kier alpha value is 3.22. The van der Waals surface area contributed by atoms with Gasteiger partial charge >= 0.3 is 96.5 Å². The van der Waals surface area contributed by atoms with Crippen LogP contribution in [-0.2, 0) is 23.0 Å². The standard InChI is InChI=1S/C2H8O8P2.3Na/c1-2-8-9-12(6,7)10-11(3,4)5;;;/h2H2,1H3,(H,6,7)(H2,3,4,5);;;/q;3*+1/p-3. The fraction of sp³-hybridized carbons (Fsp3) is 1.00. The van der Waals surface area contributed by atoms with Crippen LogP contribution in [0.4, 0.5) is 0 Å². The van der Waals surface area contributed by atoms with E-state index >= 15 is 0 Å². The van der Waals surface area contributed by atoms with Crippen molar-refractivity contribution in [3.63, 3.8) is 0 Å². The van der Waals surface area contributed by atoms with Crippen molar-refractivity contribution in [3.05, 3.63) is 0 Å². The molecule has 0 N–H and O–H groups in total. The van der Waals surface area contributed by atoms with E-state index in [9.17, 15) is 23.8 Å². The molecule has 0 bridgehead atoms. The van der Waals surface area contributed by atoms with Crippen LogP contribution in [0.1, 0.15) is 6.92 Å². The largest absolute Gasteiger partial charge is 1.00 e. The van der Waals surface area contributed by atoms with Crippen LogP contribution >= 0.6 is 15.6 Å². The summed E-state index contributed by atoms with van der Waals surface area (Å²) in [6.07, 6.45) is 0. The monoisotopic (exact) mass is 288 g/mol. The van der Waals surface area contributed by atoms with Gasteiger partial charge in [0.25, 0.3) is 0 Å². The second-order valence-electron chi connectivity index (χ2n) is 1.46. The molecule has 8 nitrogen and oxygen atoms in total. The van der Waals surface area contributed by atoms with Gasteiger partial charge in [-0.1, -0.05) is 0 Å². The molecule has 1 atom stereocenters. The van der Waals surface area contributed by atoms with Gasteiger partial charge in [-0.15, -0.1) is 0 Å². The minimum Gasteiger partial charge on any atom is -0.790 e. The fourth-order valence-corrected chi connectivity index (χ4v) is 1.58. The molecule has 13 heteroatoms. The van der Waals surface area contributed by atoms with E-state index in [4.69, 9.17) is 0 Å². The predicted octanol–water partition coefficient (Wildman–Crippen LogP) is -10.7. The van der Waals surface area contributed by atoms with Crippen LogP contribution in [0, 0.1) is 0 Å². The van der Waals surface area contributed by atoms with Crippen molar-refractivity contribution in [1.82, 2.24) is 0 Å². The fourth-order valence-electron chi connectivity index (χ4n) is 0.253. The Morgan fingerprint density at radius 1 is 1.07 bits per heavy atom. The first kappa shape index (κ1) is 26.7. The Morgan fingerprint density at radius 3 is 1.73 bits per heavy atom. The Kier molecular flexibility index (Phi) is 21.8. The maximum absolute atomic E-state index is 10.3. The second-order valence-corrected chi connectivity index (χ2v) is 4.05. The zero-order valence-electron chi connectivity index (χ0n) is 8.87. The Morgan fingerprint density at radius 2 is 1.47 bits per heavy atom. The van der Waals surface area contributed by atoms with Crippen LogP contribution in [0.2, 0.25) is 0 Å². The van der Waals surface area contributed by atoms with Crippen LogP contribution in [-0.4, -0.2) is 6.61 Å². The zero-order chi connectivity index (χ0) is 9.83. The third-order valence-electron chi connectivity index (χ3n) is 0.462. The summed E-state index contributed by atoms with van der Waals surface area (Å²) in [5, 5.41) is 0. The van der Waals surface area contributed by atoms with Crippen LogP contribution in [0.15, 0.2) is 0 Å². The number of hydrogen-bond acceptors (Lipinski definition) is 8. The molecule has 0 saturated carbocycles. The van der Waals surface area contributed by atoms with Gasteiger partial charge in [0.1, 0.15) is 0 Å². The van der Waals surface area contributed by atoms with E-state index < -0.39 is 15.6 Å². The maximum atomic E-state index is 10.3. The molecule has 0 amide bonds. The van der Waals surface area contributed by atoms with Gasteiger partial charge in [-0.05, 0) is 6.92 Å². The first-order valence-electron chi connectivity index (χ1n) is 2.62. The number of phosphoric acid groups is 2. The van der Waals surface area contributed by atoms with Gasteiger partial charge in [0, 0.05) is 0 Å². The summed E-state index contributed by atoms with van der Waals surface area (Å²) < 4.78 is 26.5. The van der Waals surface area contributed by atoms with Crippen molar-refractivity contribution in [2.24, 2.45) is 0 Å². The molecule has 0 aromatic carbocycles.